The number of hydrogen-bond donors (Lipinski definition) is 2. The molecule has 1 rings (SSSR count). The lowest BCUT2D eigenvalue weighted by molar-refractivity contribution is 0.0613. The molecule has 0 bridgehead atoms. The van der Waals surface area contributed by atoms with Gasteiger partial charge < -0.3 is 14.9 Å². The second kappa shape index (κ2) is 9.75. The Bertz CT molecular complexity index is 353. The lowest BCUT2D eigenvalue weighted by atomic mass is 10.2. The zero-order valence-corrected chi connectivity index (χ0v) is 12.6. The SMILES string of the molecule is CCCCN(CCO)C[C@@H](O)COc1ccc(C)cc1. The molecule has 1 aromatic rings. The molecular weight excluding hydrogens is 254 g/mol. The summed E-state index contributed by atoms with van der Waals surface area (Å²) >= 11 is 0. The van der Waals surface area contributed by atoms with Gasteiger partial charge in [0.1, 0.15) is 18.5 Å². The fourth-order valence-corrected chi connectivity index (χ4v) is 2.00. The van der Waals surface area contributed by atoms with Gasteiger partial charge in [-0.3, -0.25) is 4.90 Å². The lowest BCUT2D eigenvalue weighted by Crippen LogP contribution is -2.37. The van der Waals surface area contributed by atoms with Crippen LogP contribution in [0.5, 0.6) is 5.75 Å². The Morgan fingerprint density at radius 2 is 1.90 bits per heavy atom. The van der Waals surface area contributed by atoms with E-state index in [1.807, 2.05) is 31.2 Å². The van der Waals surface area contributed by atoms with E-state index in [0.29, 0.717) is 13.1 Å². The average Bonchev–Trinajstić information content (AvgIpc) is 2.44. The summed E-state index contributed by atoms with van der Waals surface area (Å²) in [6.07, 6.45) is 1.64. The number of hydrogen-bond acceptors (Lipinski definition) is 4. The Labute approximate surface area is 122 Å². The molecule has 114 valence electrons. The van der Waals surface area contributed by atoms with E-state index >= 15 is 0 Å². The summed E-state index contributed by atoms with van der Waals surface area (Å²) in [6, 6.07) is 7.79. The highest BCUT2D eigenvalue weighted by atomic mass is 16.5. The first-order valence-electron chi connectivity index (χ1n) is 7.36. The molecule has 0 unspecified atom stereocenters. The Kier molecular flexibility index (Phi) is 8.26. The highest BCUT2D eigenvalue weighted by Gasteiger charge is 2.11. The van der Waals surface area contributed by atoms with E-state index in [1.165, 1.54) is 5.56 Å². The number of aryl methyl sites for hydroxylation is 1. The number of nitrogens with zero attached hydrogens (tertiary/aromatic N) is 1. The van der Waals surface area contributed by atoms with Gasteiger partial charge in [-0.2, -0.15) is 0 Å². The van der Waals surface area contributed by atoms with Gasteiger partial charge in [0, 0.05) is 13.1 Å². The Hall–Kier alpha value is -1.10. The zero-order chi connectivity index (χ0) is 14.8. The van der Waals surface area contributed by atoms with Crippen LogP contribution >= 0.6 is 0 Å². The molecule has 4 nitrogen and oxygen atoms in total. The number of rotatable bonds is 10. The van der Waals surface area contributed by atoms with Crippen molar-refractivity contribution in [3.8, 4) is 5.75 Å². The standard InChI is InChI=1S/C16H27NO3/c1-3-4-9-17(10-11-18)12-15(19)13-20-16-7-5-14(2)6-8-16/h5-8,15,18-19H,3-4,9-13H2,1-2H3/t15-/m1/s1. The van der Waals surface area contributed by atoms with Crippen molar-refractivity contribution >= 4 is 0 Å². The minimum Gasteiger partial charge on any atom is -0.491 e. The predicted molar refractivity (Wildman–Crippen MR) is 81.1 cm³/mol. The fraction of sp³-hybridized carbons (Fsp3) is 0.625. The Morgan fingerprint density at radius 3 is 2.50 bits per heavy atom. The van der Waals surface area contributed by atoms with Crippen LogP contribution in [0, 0.1) is 6.92 Å². The maximum atomic E-state index is 10.0. The summed E-state index contributed by atoms with van der Waals surface area (Å²) in [5.74, 6) is 0.775. The molecule has 20 heavy (non-hydrogen) atoms. The quantitative estimate of drug-likeness (QED) is 0.687. The van der Waals surface area contributed by atoms with Gasteiger partial charge in [-0.25, -0.2) is 0 Å². The van der Waals surface area contributed by atoms with Crippen molar-refractivity contribution in [2.75, 3.05) is 32.8 Å². The third-order valence-corrected chi connectivity index (χ3v) is 3.18. The molecule has 0 amide bonds. The second-order valence-corrected chi connectivity index (χ2v) is 5.16. The normalized spacial score (nSPS) is 12.7. The van der Waals surface area contributed by atoms with Crippen LogP contribution in [0.25, 0.3) is 0 Å². The molecule has 0 aliphatic heterocycles. The maximum Gasteiger partial charge on any atom is 0.119 e. The third kappa shape index (κ3) is 6.89. The zero-order valence-electron chi connectivity index (χ0n) is 12.6. The summed E-state index contributed by atoms with van der Waals surface area (Å²) in [6.45, 7) is 6.59. The van der Waals surface area contributed by atoms with Gasteiger partial charge in [0.2, 0.25) is 0 Å². The first-order valence-corrected chi connectivity index (χ1v) is 7.36. The van der Waals surface area contributed by atoms with E-state index in [4.69, 9.17) is 9.84 Å². The van der Waals surface area contributed by atoms with E-state index in [9.17, 15) is 5.11 Å². The molecule has 0 saturated carbocycles. The van der Waals surface area contributed by atoms with Gasteiger partial charge >= 0.3 is 0 Å². The average molecular weight is 281 g/mol. The van der Waals surface area contributed by atoms with Crippen LogP contribution in [0.15, 0.2) is 24.3 Å². The van der Waals surface area contributed by atoms with Crippen LogP contribution in [0.1, 0.15) is 25.3 Å². The molecule has 0 fully saturated rings. The molecule has 2 N–H and O–H groups in total. The molecule has 0 heterocycles. The first kappa shape index (κ1) is 17.0. The van der Waals surface area contributed by atoms with Crippen molar-refractivity contribution in [3.05, 3.63) is 29.8 Å². The smallest absolute Gasteiger partial charge is 0.119 e. The molecule has 0 spiro atoms. The summed E-state index contributed by atoms with van der Waals surface area (Å²) in [5.41, 5.74) is 1.19. The number of unbranched alkanes of at least 4 members (excludes halogenated alkanes) is 1. The molecular formula is C16H27NO3. The Morgan fingerprint density at radius 1 is 1.20 bits per heavy atom. The highest BCUT2D eigenvalue weighted by molar-refractivity contribution is 5.26. The minimum absolute atomic E-state index is 0.120. The number of aliphatic hydroxyl groups excluding tert-OH is 2. The van der Waals surface area contributed by atoms with Gasteiger partial charge in [0.25, 0.3) is 0 Å². The van der Waals surface area contributed by atoms with Gasteiger partial charge in [-0.1, -0.05) is 31.0 Å². The van der Waals surface area contributed by atoms with Crippen LogP contribution < -0.4 is 4.74 Å². The summed E-state index contributed by atoms with van der Waals surface area (Å²) in [7, 11) is 0. The molecule has 0 saturated heterocycles. The number of benzene rings is 1. The van der Waals surface area contributed by atoms with Crippen LogP contribution in [0.2, 0.25) is 0 Å². The van der Waals surface area contributed by atoms with Crippen LogP contribution in [0.3, 0.4) is 0 Å². The third-order valence-electron chi connectivity index (χ3n) is 3.18. The molecule has 0 aliphatic carbocycles. The summed E-state index contributed by atoms with van der Waals surface area (Å²) < 4.78 is 5.57. The molecule has 1 aromatic carbocycles. The van der Waals surface area contributed by atoms with Crippen molar-refractivity contribution in [2.24, 2.45) is 0 Å². The van der Waals surface area contributed by atoms with Crippen LogP contribution in [-0.2, 0) is 0 Å². The number of aliphatic hydroxyl groups is 2. The van der Waals surface area contributed by atoms with Crippen molar-refractivity contribution in [1.29, 1.82) is 0 Å². The van der Waals surface area contributed by atoms with Crippen molar-refractivity contribution in [3.63, 3.8) is 0 Å². The van der Waals surface area contributed by atoms with Crippen molar-refractivity contribution in [1.82, 2.24) is 4.90 Å². The maximum absolute atomic E-state index is 10.0. The fourth-order valence-electron chi connectivity index (χ4n) is 2.00. The van der Waals surface area contributed by atoms with Crippen molar-refractivity contribution < 1.29 is 14.9 Å². The molecule has 1 atom stereocenters. The predicted octanol–water partition coefficient (Wildman–Crippen LogP) is 1.83. The van der Waals surface area contributed by atoms with Gasteiger partial charge in [-0.15, -0.1) is 0 Å². The second-order valence-electron chi connectivity index (χ2n) is 5.16. The topological polar surface area (TPSA) is 52.9 Å². The van der Waals surface area contributed by atoms with E-state index in [2.05, 4.69) is 11.8 Å². The van der Waals surface area contributed by atoms with Gasteiger partial charge in [-0.05, 0) is 32.0 Å². The van der Waals surface area contributed by atoms with Crippen molar-refractivity contribution in [2.45, 2.75) is 32.8 Å². The van der Waals surface area contributed by atoms with E-state index in [-0.39, 0.29) is 13.2 Å². The summed E-state index contributed by atoms with van der Waals surface area (Å²) in [5, 5.41) is 19.0. The highest BCUT2D eigenvalue weighted by Crippen LogP contribution is 2.11. The largest absolute Gasteiger partial charge is 0.491 e. The lowest BCUT2D eigenvalue weighted by Gasteiger charge is -2.24. The van der Waals surface area contributed by atoms with Crippen LogP contribution in [-0.4, -0.2) is 54.1 Å². The van der Waals surface area contributed by atoms with Gasteiger partial charge in [0.05, 0.1) is 6.61 Å². The van der Waals surface area contributed by atoms with Crippen LogP contribution in [0.4, 0.5) is 0 Å². The minimum atomic E-state index is -0.542. The first-order chi connectivity index (χ1) is 9.65. The summed E-state index contributed by atoms with van der Waals surface area (Å²) in [4.78, 5) is 2.08. The molecule has 0 aliphatic rings. The molecule has 0 radical (unpaired) electrons. The monoisotopic (exact) mass is 281 g/mol. The molecule has 4 heteroatoms. The van der Waals surface area contributed by atoms with E-state index in [0.717, 1.165) is 25.1 Å². The molecule has 0 aromatic heterocycles. The Balaban J connectivity index is 2.32. The van der Waals surface area contributed by atoms with E-state index in [1.54, 1.807) is 0 Å². The van der Waals surface area contributed by atoms with Gasteiger partial charge in [0.15, 0.2) is 0 Å². The number of ether oxygens (including phenoxy) is 1. The van der Waals surface area contributed by atoms with E-state index < -0.39 is 6.10 Å².